The van der Waals surface area contributed by atoms with Gasteiger partial charge in [0.2, 0.25) is 10.0 Å². The van der Waals surface area contributed by atoms with E-state index < -0.39 is 10.0 Å². The summed E-state index contributed by atoms with van der Waals surface area (Å²) in [5.41, 5.74) is 5.35. The number of ether oxygens (including phenoxy) is 2. The first-order valence-electron chi connectivity index (χ1n) is 6.57. The van der Waals surface area contributed by atoms with Crippen LogP contribution < -0.4 is 15.2 Å². The molecule has 1 aliphatic rings. The maximum Gasteiger partial charge on any atom is 0.243 e. The lowest BCUT2D eigenvalue weighted by atomic mass is 10.3. The Labute approximate surface area is 124 Å². The van der Waals surface area contributed by atoms with E-state index in [0.717, 1.165) is 0 Å². The summed E-state index contributed by atoms with van der Waals surface area (Å²) in [4.78, 5) is 0.0988. The minimum absolute atomic E-state index is 0.0988. The summed E-state index contributed by atoms with van der Waals surface area (Å²) in [5, 5.41) is 7.34. The van der Waals surface area contributed by atoms with Crippen LogP contribution >= 0.6 is 0 Å². The van der Waals surface area contributed by atoms with Crippen LogP contribution in [0.5, 0.6) is 11.5 Å². The van der Waals surface area contributed by atoms with Crippen molar-refractivity contribution >= 4 is 15.9 Å². The molecule has 0 spiro atoms. The van der Waals surface area contributed by atoms with Gasteiger partial charge in [-0.15, -0.1) is 0 Å². The highest BCUT2D eigenvalue weighted by Crippen LogP contribution is 2.33. The summed E-state index contributed by atoms with van der Waals surface area (Å²) in [7, 11) is -3.75. The fourth-order valence-electron chi connectivity index (χ4n) is 2.03. The highest BCUT2D eigenvalue weighted by atomic mass is 32.2. The smallest absolute Gasteiger partial charge is 0.243 e. The van der Waals surface area contributed by atoms with Crippen molar-refractivity contribution in [3.8, 4) is 11.5 Å². The lowest BCUT2D eigenvalue weighted by molar-refractivity contribution is 0.171. The average Bonchev–Trinajstić information content (AvgIpc) is 2.43. The van der Waals surface area contributed by atoms with Gasteiger partial charge in [-0.05, 0) is 26.0 Å². The molecule has 3 N–H and O–H groups in total. The largest absolute Gasteiger partial charge is 0.486 e. The molecule has 1 aromatic rings. The first-order valence-corrected chi connectivity index (χ1v) is 8.01. The molecule has 1 heterocycles. The Kier molecular flexibility index (Phi) is 4.38. The molecule has 0 fully saturated rings. The molecule has 0 saturated carbocycles. The van der Waals surface area contributed by atoms with Crippen LogP contribution in [0.25, 0.3) is 0 Å². The molecule has 0 aromatic heterocycles. The number of fused-ring (bicyclic) bond motifs is 1. The van der Waals surface area contributed by atoms with E-state index in [9.17, 15) is 8.42 Å². The summed E-state index contributed by atoms with van der Waals surface area (Å²) in [6, 6.07) is 4.18. The third-order valence-corrected chi connectivity index (χ3v) is 5.04. The van der Waals surface area contributed by atoms with Crippen molar-refractivity contribution in [2.75, 3.05) is 19.8 Å². The Morgan fingerprint density at radius 1 is 1.33 bits per heavy atom. The fourth-order valence-corrected chi connectivity index (χ4v) is 3.66. The molecule has 2 rings (SSSR count). The van der Waals surface area contributed by atoms with Crippen LogP contribution in [0.4, 0.5) is 0 Å². The van der Waals surface area contributed by atoms with Crippen LogP contribution in [0.1, 0.15) is 13.8 Å². The van der Waals surface area contributed by atoms with Gasteiger partial charge in [-0.3, -0.25) is 5.41 Å². The average molecular weight is 313 g/mol. The van der Waals surface area contributed by atoms with Crippen LogP contribution in [0.2, 0.25) is 0 Å². The van der Waals surface area contributed by atoms with E-state index in [4.69, 9.17) is 20.6 Å². The molecule has 7 nitrogen and oxygen atoms in total. The van der Waals surface area contributed by atoms with Gasteiger partial charge in [0, 0.05) is 12.1 Å². The van der Waals surface area contributed by atoms with Gasteiger partial charge in [-0.25, -0.2) is 8.42 Å². The Morgan fingerprint density at radius 2 is 1.95 bits per heavy atom. The maximum atomic E-state index is 12.7. The van der Waals surface area contributed by atoms with Gasteiger partial charge < -0.3 is 15.2 Å². The zero-order valence-electron chi connectivity index (χ0n) is 12.0. The highest BCUT2D eigenvalue weighted by molar-refractivity contribution is 7.89. The number of rotatable bonds is 5. The predicted octanol–water partition coefficient (Wildman–Crippen LogP) is 0.793. The standard InChI is InChI=1S/C13H19N3O4S/c1-9(2)16(8-13(14)15)21(17,18)10-3-4-11-12(7-10)20-6-5-19-11/h3-4,7,9H,5-6,8H2,1-2H3,(H3,14,15). The Bertz CT molecular complexity index is 643. The lowest BCUT2D eigenvalue weighted by Gasteiger charge is -2.26. The number of amidine groups is 1. The molecule has 0 amide bonds. The number of hydrogen-bond donors (Lipinski definition) is 2. The van der Waals surface area contributed by atoms with Crippen molar-refractivity contribution in [1.29, 1.82) is 5.41 Å². The van der Waals surface area contributed by atoms with E-state index in [1.807, 2.05) is 0 Å². The third kappa shape index (κ3) is 3.27. The van der Waals surface area contributed by atoms with E-state index in [-0.39, 0.29) is 23.3 Å². The number of benzene rings is 1. The zero-order chi connectivity index (χ0) is 15.6. The van der Waals surface area contributed by atoms with Crippen LogP contribution in [-0.2, 0) is 10.0 Å². The van der Waals surface area contributed by atoms with Gasteiger partial charge in [0.1, 0.15) is 19.0 Å². The number of hydrogen-bond acceptors (Lipinski definition) is 5. The number of nitrogens with zero attached hydrogens (tertiary/aromatic N) is 1. The summed E-state index contributed by atoms with van der Waals surface area (Å²) >= 11 is 0. The normalized spacial score (nSPS) is 14.5. The molecular weight excluding hydrogens is 294 g/mol. The Hall–Kier alpha value is -1.80. The third-order valence-electron chi connectivity index (χ3n) is 3.02. The fraction of sp³-hybridized carbons (Fsp3) is 0.462. The molecule has 0 bridgehead atoms. The second kappa shape index (κ2) is 5.90. The summed E-state index contributed by atoms with van der Waals surface area (Å²) in [6.07, 6.45) is 0. The molecule has 0 saturated heterocycles. The first kappa shape index (κ1) is 15.6. The van der Waals surface area contributed by atoms with Crippen molar-refractivity contribution < 1.29 is 17.9 Å². The van der Waals surface area contributed by atoms with Crippen LogP contribution in [0, 0.1) is 5.41 Å². The topological polar surface area (TPSA) is 106 Å². The SMILES string of the molecule is CC(C)N(CC(=N)N)S(=O)(=O)c1ccc2c(c1)OCCO2. The molecule has 116 valence electrons. The number of sulfonamides is 1. The highest BCUT2D eigenvalue weighted by Gasteiger charge is 2.29. The predicted molar refractivity (Wildman–Crippen MR) is 78.4 cm³/mol. The minimum atomic E-state index is -3.75. The summed E-state index contributed by atoms with van der Waals surface area (Å²) < 4.78 is 37.3. The van der Waals surface area contributed by atoms with Crippen LogP contribution in [-0.4, -0.2) is 44.4 Å². The molecule has 8 heteroatoms. The summed E-state index contributed by atoms with van der Waals surface area (Å²) in [5.74, 6) is 0.738. The van der Waals surface area contributed by atoms with Gasteiger partial charge in [-0.1, -0.05) is 0 Å². The van der Waals surface area contributed by atoms with Gasteiger partial charge >= 0.3 is 0 Å². The van der Waals surface area contributed by atoms with Crippen LogP contribution in [0.15, 0.2) is 23.1 Å². The number of nitrogens with one attached hydrogen (secondary N) is 1. The second-order valence-electron chi connectivity index (χ2n) is 4.97. The van der Waals surface area contributed by atoms with Crippen molar-refractivity contribution in [2.24, 2.45) is 5.73 Å². The molecule has 0 aliphatic carbocycles. The van der Waals surface area contributed by atoms with Crippen molar-refractivity contribution in [1.82, 2.24) is 4.31 Å². The van der Waals surface area contributed by atoms with Gasteiger partial charge in [0.05, 0.1) is 11.4 Å². The van der Waals surface area contributed by atoms with E-state index >= 15 is 0 Å². The van der Waals surface area contributed by atoms with Crippen molar-refractivity contribution in [3.05, 3.63) is 18.2 Å². The first-order chi connectivity index (χ1) is 9.82. The minimum Gasteiger partial charge on any atom is -0.486 e. The molecule has 21 heavy (non-hydrogen) atoms. The van der Waals surface area contributed by atoms with Crippen molar-refractivity contribution in [2.45, 2.75) is 24.8 Å². The zero-order valence-corrected chi connectivity index (χ0v) is 12.8. The molecule has 0 unspecified atom stereocenters. The Balaban J connectivity index is 2.40. The maximum absolute atomic E-state index is 12.7. The second-order valence-corrected chi connectivity index (χ2v) is 6.87. The van der Waals surface area contributed by atoms with Crippen LogP contribution in [0.3, 0.4) is 0 Å². The van der Waals surface area contributed by atoms with Gasteiger partial charge in [-0.2, -0.15) is 4.31 Å². The Morgan fingerprint density at radius 3 is 2.52 bits per heavy atom. The van der Waals surface area contributed by atoms with Gasteiger partial charge in [0.25, 0.3) is 0 Å². The van der Waals surface area contributed by atoms with E-state index in [1.54, 1.807) is 19.9 Å². The van der Waals surface area contributed by atoms with E-state index in [0.29, 0.717) is 24.7 Å². The molecule has 0 atom stereocenters. The molecule has 0 radical (unpaired) electrons. The number of nitrogens with two attached hydrogens (primary N) is 1. The van der Waals surface area contributed by atoms with E-state index in [2.05, 4.69) is 0 Å². The molecule has 1 aromatic carbocycles. The van der Waals surface area contributed by atoms with Crippen molar-refractivity contribution in [3.63, 3.8) is 0 Å². The van der Waals surface area contributed by atoms with Gasteiger partial charge in [0.15, 0.2) is 11.5 Å². The monoisotopic (exact) mass is 313 g/mol. The quantitative estimate of drug-likeness (QED) is 0.617. The molecular formula is C13H19N3O4S. The molecule has 1 aliphatic heterocycles. The van der Waals surface area contributed by atoms with E-state index in [1.165, 1.54) is 16.4 Å². The summed E-state index contributed by atoms with van der Waals surface area (Å²) in [6.45, 7) is 4.16. The lowest BCUT2D eigenvalue weighted by Crippen LogP contribution is -2.42.